The van der Waals surface area contributed by atoms with Crippen LogP contribution in [0.15, 0.2) is 12.3 Å². The van der Waals surface area contributed by atoms with E-state index in [4.69, 9.17) is 16.7 Å². The minimum absolute atomic E-state index is 0.107. The summed E-state index contributed by atoms with van der Waals surface area (Å²) < 4.78 is 27.5. The van der Waals surface area contributed by atoms with E-state index in [1.54, 1.807) is 0 Å². The molecule has 0 spiro atoms. The summed E-state index contributed by atoms with van der Waals surface area (Å²) in [4.78, 5) is 14.0. The second-order valence-electron chi connectivity index (χ2n) is 2.19. The van der Waals surface area contributed by atoms with E-state index in [0.717, 1.165) is 12.3 Å². The number of pyridine rings is 1. The van der Waals surface area contributed by atoms with Gasteiger partial charge in [-0.3, -0.25) is 0 Å². The second kappa shape index (κ2) is 4.19. The van der Waals surface area contributed by atoms with E-state index < -0.39 is 23.9 Å². The Balaban J connectivity index is 3.08. The molecule has 1 N–H and O–H groups in total. The fourth-order valence-corrected chi connectivity index (χ4v) is 0.932. The predicted octanol–water partition coefficient (Wildman–Crippen LogP) is 2.03. The normalized spacial score (nSPS) is 10.3. The van der Waals surface area contributed by atoms with Gasteiger partial charge in [-0.2, -0.15) is 8.78 Å². The molecule has 7 heteroatoms. The van der Waals surface area contributed by atoms with Crippen LogP contribution in [-0.4, -0.2) is 22.7 Å². The first-order valence-corrected chi connectivity index (χ1v) is 3.72. The Morgan fingerprint density at radius 1 is 1.64 bits per heavy atom. The summed E-state index contributed by atoms with van der Waals surface area (Å²) in [5.41, 5.74) is -0.453. The number of hydrogen-bond acceptors (Lipinski definition) is 3. The van der Waals surface area contributed by atoms with E-state index in [-0.39, 0.29) is 5.15 Å². The molecule has 0 aliphatic heterocycles. The van der Waals surface area contributed by atoms with Crippen LogP contribution in [0, 0.1) is 0 Å². The van der Waals surface area contributed by atoms with Crippen LogP contribution >= 0.6 is 11.6 Å². The van der Waals surface area contributed by atoms with Gasteiger partial charge < -0.3 is 9.84 Å². The largest absolute Gasteiger partial charge is 0.478 e. The Kier molecular flexibility index (Phi) is 3.19. The van der Waals surface area contributed by atoms with Crippen LogP contribution in [0.3, 0.4) is 0 Å². The van der Waals surface area contributed by atoms with Gasteiger partial charge in [0.2, 0.25) is 0 Å². The molecule has 0 saturated carbocycles. The number of aromatic carboxylic acids is 1. The van der Waals surface area contributed by atoms with Crippen molar-refractivity contribution < 1.29 is 23.4 Å². The van der Waals surface area contributed by atoms with Crippen molar-refractivity contribution >= 4 is 17.6 Å². The summed E-state index contributed by atoms with van der Waals surface area (Å²) in [6, 6.07) is 0.932. The number of nitrogens with zero attached hydrogens (tertiary/aromatic N) is 1. The molecule has 14 heavy (non-hydrogen) atoms. The molecule has 0 aliphatic carbocycles. The lowest BCUT2D eigenvalue weighted by Gasteiger charge is -2.06. The lowest BCUT2D eigenvalue weighted by atomic mass is 10.2. The predicted molar refractivity (Wildman–Crippen MR) is 42.8 cm³/mol. The van der Waals surface area contributed by atoms with Crippen LogP contribution in [0.1, 0.15) is 10.4 Å². The average Bonchev–Trinajstić information content (AvgIpc) is 2.07. The molecule has 0 unspecified atom stereocenters. The highest BCUT2D eigenvalue weighted by Crippen LogP contribution is 2.22. The summed E-state index contributed by atoms with van der Waals surface area (Å²) in [5.74, 6) is -1.93. The number of halogens is 3. The Hall–Kier alpha value is -1.43. The van der Waals surface area contributed by atoms with E-state index in [2.05, 4.69) is 9.72 Å². The van der Waals surface area contributed by atoms with Crippen molar-refractivity contribution in [2.24, 2.45) is 0 Å². The van der Waals surface area contributed by atoms with Crippen molar-refractivity contribution in [3.63, 3.8) is 0 Å². The standard InChI is InChI=1S/C7H4ClF2NO3/c8-5-1-3(6(12)13)4(2-11-5)14-7(9)10/h1-2,7H,(H,12,13). The van der Waals surface area contributed by atoms with Crippen LogP contribution < -0.4 is 4.74 Å². The van der Waals surface area contributed by atoms with Gasteiger partial charge in [-0.25, -0.2) is 9.78 Å². The molecule has 76 valence electrons. The van der Waals surface area contributed by atoms with Crippen LogP contribution in [-0.2, 0) is 0 Å². The van der Waals surface area contributed by atoms with Gasteiger partial charge in [0.15, 0.2) is 5.75 Å². The highest BCUT2D eigenvalue weighted by molar-refractivity contribution is 6.29. The van der Waals surface area contributed by atoms with Crippen molar-refractivity contribution in [2.75, 3.05) is 0 Å². The summed E-state index contributed by atoms with van der Waals surface area (Å²) in [6.45, 7) is -3.10. The van der Waals surface area contributed by atoms with Gasteiger partial charge in [0, 0.05) is 0 Å². The molecule has 0 aliphatic rings. The Morgan fingerprint density at radius 3 is 2.79 bits per heavy atom. The van der Waals surface area contributed by atoms with E-state index in [9.17, 15) is 13.6 Å². The smallest absolute Gasteiger partial charge is 0.387 e. The third-order valence-corrected chi connectivity index (χ3v) is 1.49. The molecular weight excluding hydrogens is 220 g/mol. The van der Waals surface area contributed by atoms with Gasteiger partial charge >= 0.3 is 12.6 Å². The SMILES string of the molecule is O=C(O)c1cc(Cl)ncc1OC(F)F. The first kappa shape index (κ1) is 10.6. The number of alkyl halides is 2. The first-order chi connectivity index (χ1) is 6.50. The Bertz CT molecular complexity index is 359. The van der Waals surface area contributed by atoms with Gasteiger partial charge in [0.1, 0.15) is 10.7 Å². The summed E-state index contributed by atoms with van der Waals surface area (Å²) >= 11 is 5.38. The Morgan fingerprint density at radius 2 is 2.29 bits per heavy atom. The summed E-state index contributed by atoms with van der Waals surface area (Å²) in [6.07, 6.45) is 0.831. The second-order valence-corrected chi connectivity index (χ2v) is 2.57. The number of carboxylic acid groups (broad SMARTS) is 1. The molecular formula is C7H4ClF2NO3. The maximum atomic E-state index is 11.8. The molecule has 4 nitrogen and oxygen atoms in total. The van der Waals surface area contributed by atoms with Crippen molar-refractivity contribution in [2.45, 2.75) is 6.61 Å². The maximum Gasteiger partial charge on any atom is 0.387 e. The fourth-order valence-electron chi connectivity index (χ4n) is 0.774. The van der Waals surface area contributed by atoms with E-state index in [0.29, 0.717) is 0 Å². The van der Waals surface area contributed by atoms with Crippen molar-refractivity contribution in [3.8, 4) is 5.75 Å². The van der Waals surface area contributed by atoms with Crippen molar-refractivity contribution in [3.05, 3.63) is 23.0 Å². The van der Waals surface area contributed by atoms with E-state index in [1.165, 1.54) is 0 Å². The molecule has 1 aromatic rings. The zero-order chi connectivity index (χ0) is 10.7. The van der Waals surface area contributed by atoms with Crippen LogP contribution in [0.5, 0.6) is 5.75 Å². The van der Waals surface area contributed by atoms with Gasteiger partial charge in [0.25, 0.3) is 0 Å². The topological polar surface area (TPSA) is 59.4 Å². The van der Waals surface area contributed by atoms with Crippen molar-refractivity contribution in [1.29, 1.82) is 0 Å². The molecule has 0 bridgehead atoms. The van der Waals surface area contributed by atoms with E-state index in [1.807, 2.05) is 0 Å². The zero-order valence-corrected chi connectivity index (χ0v) is 7.33. The number of ether oxygens (including phenoxy) is 1. The third kappa shape index (κ3) is 2.53. The highest BCUT2D eigenvalue weighted by atomic mass is 35.5. The van der Waals surface area contributed by atoms with Crippen LogP contribution in [0.4, 0.5) is 8.78 Å². The minimum atomic E-state index is -3.10. The van der Waals surface area contributed by atoms with E-state index >= 15 is 0 Å². The lowest BCUT2D eigenvalue weighted by Crippen LogP contribution is -2.08. The van der Waals surface area contributed by atoms with Crippen LogP contribution in [0.2, 0.25) is 5.15 Å². The fraction of sp³-hybridized carbons (Fsp3) is 0.143. The monoisotopic (exact) mass is 223 g/mol. The van der Waals surface area contributed by atoms with Gasteiger partial charge in [-0.1, -0.05) is 11.6 Å². The number of carbonyl (C=O) groups is 1. The number of aromatic nitrogens is 1. The molecule has 0 fully saturated rings. The molecule has 1 heterocycles. The van der Waals surface area contributed by atoms with Crippen LogP contribution in [0.25, 0.3) is 0 Å². The molecule has 0 atom stereocenters. The molecule has 0 aromatic carbocycles. The third-order valence-electron chi connectivity index (χ3n) is 1.28. The molecule has 0 saturated heterocycles. The number of hydrogen-bond donors (Lipinski definition) is 1. The molecule has 0 amide bonds. The molecule has 1 rings (SSSR count). The van der Waals surface area contributed by atoms with Gasteiger partial charge in [-0.15, -0.1) is 0 Å². The lowest BCUT2D eigenvalue weighted by molar-refractivity contribution is -0.0505. The van der Waals surface area contributed by atoms with Crippen molar-refractivity contribution in [1.82, 2.24) is 4.98 Å². The molecule has 0 radical (unpaired) electrons. The first-order valence-electron chi connectivity index (χ1n) is 3.34. The van der Waals surface area contributed by atoms with Gasteiger partial charge in [0.05, 0.1) is 6.20 Å². The minimum Gasteiger partial charge on any atom is -0.478 e. The summed E-state index contributed by atoms with van der Waals surface area (Å²) in [7, 11) is 0. The van der Waals surface area contributed by atoms with Gasteiger partial charge in [-0.05, 0) is 6.07 Å². The highest BCUT2D eigenvalue weighted by Gasteiger charge is 2.15. The quantitative estimate of drug-likeness (QED) is 0.797. The zero-order valence-electron chi connectivity index (χ0n) is 6.58. The number of rotatable bonds is 3. The average molecular weight is 224 g/mol. The maximum absolute atomic E-state index is 11.8. The Labute approximate surface area is 82.1 Å². The summed E-state index contributed by atoms with van der Waals surface area (Å²) in [5, 5.41) is 8.48. The number of carboxylic acids is 1. The molecule has 1 aromatic heterocycles.